The lowest BCUT2D eigenvalue weighted by Crippen LogP contribution is -2.30. The number of nitrogens with one attached hydrogen (secondary N) is 1. The minimum Gasteiger partial charge on any atom is -0.346 e. The molecule has 1 unspecified atom stereocenters. The third-order valence-corrected chi connectivity index (χ3v) is 6.27. The standard InChI is InChI=1S/C32H29N3O/c1-24(33-31(36)23-26-18-20-28(21-19-26)27-14-6-3-7-15-27)32-34-29-16-8-9-17-30(29)35(32)22-10-13-25-11-4-2-5-12-25/h2-21,24H,22-23H2,1H3,(H,33,36)/b13-10+. The highest BCUT2D eigenvalue weighted by atomic mass is 16.1. The Kier molecular flexibility index (Phi) is 7.04. The number of hydrogen-bond donors (Lipinski definition) is 1. The van der Waals surface area contributed by atoms with Crippen LogP contribution in [-0.2, 0) is 17.8 Å². The van der Waals surface area contributed by atoms with Gasteiger partial charge in [-0.2, -0.15) is 0 Å². The van der Waals surface area contributed by atoms with Crippen LogP contribution in [0.4, 0.5) is 0 Å². The second-order valence-corrected chi connectivity index (χ2v) is 8.91. The van der Waals surface area contributed by atoms with E-state index in [2.05, 4.69) is 64.5 Å². The predicted molar refractivity (Wildman–Crippen MR) is 147 cm³/mol. The first-order valence-corrected chi connectivity index (χ1v) is 12.3. The van der Waals surface area contributed by atoms with Crippen molar-refractivity contribution in [1.29, 1.82) is 0 Å². The fraction of sp³-hybridized carbons (Fsp3) is 0.125. The predicted octanol–water partition coefficient (Wildman–Crippen LogP) is 6.84. The molecule has 0 bridgehead atoms. The molecule has 0 aliphatic heterocycles. The van der Waals surface area contributed by atoms with E-state index < -0.39 is 0 Å². The zero-order valence-corrected chi connectivity index (χ0v) is 20.3. The Morgan fingerprint density at radius 3 is 2.22 bits per heavy atom. The normalized spacial score (nSPS) is 12.1. The lowest BCUT2D eigenvalue weighted by atomic mass is 10.0. The maximum atomic E-state index is 12.9. The van der Waals surface area contributed by atoms with Gasteiger partial charge in [-0.15, -0.1) is 0 Å². The van der Waals surface area contributed by atoms with Gasteiger partial charge in [0.25, 0.3) is 0 Å². The molecule has 1 atom stereocenters. The number of nitrogens with zero attached hydrogens (tertiary/aromatic N) is 2. The van der Waals surface area contributed by atoms with E-state index >= 15 is 0 Å². The SMILES string of the molecule is CC(NC(=O)Cc1ccc(-c2ccccc2)cc1)c1nc2ccccc2n1C/C=C/c1ccccc1. The van der Waals surface area contributed by atoms with Gasteiger partial charge < -0.3 is 9.88 Å². The maximum absolute atomic E-state index is 12.9. The molecule has 4 nitrogen and oxygen atoms in total. The molecule has 0 fully saturated rings. The van der Waals surface area contributed by atoms with Crippen molar-refractivity contribution >= 4 is 23.0 Å². The van der Waals surface area contributed by atoms with Crippen LogP contribution in [-0.4, -0.2) is 15.5 Å². The van der Waals surface area contributed by atoms with Gasteiger partial charge in [0, 0.05) is 6.54 Å². The van der Waals surface area contributed by atoms with Gasteiger partial charge in [-0.3, -0.25) is 4.79 Å². The Labute approximate surface area is 211 Å². The molecule has 0 radical (unpaired) electrons. The molecule has 1 aromatic heterocycles. The van der Waals surface area contributed by atoms with E-state index in [0.717, 1.165) is 33.5 Å². The van der Waals surface area contributed by atoms with E-state index in [1.165, 1.54) is 5.56 Å². The highest BCUT2D eigenvalue weighted by molar-refractivity contribution is 5.80. The number of carbonyl (C=O) groups excluding carboxylic acids is 1. The Balaban J connectivity index is 1.29. The first-order valence-electron chi connectivity index (χ1n) is 12.3. The molecule has 0 aliphatic carbocycles. The van der Waals surface area contributed by atoms with Crippen molar-refractivity contribution < 1.29 is 4.79 Å². The maximum Gasteiger partial charge on any atom is 0.224 e. The monoisotopic (exact) mass is 471 g/mol. The number of aromatic nitrogens is 2. The number of amides is 1. The third kappa shape index (κ3) is 5.44. The van der Waals surface area contributed by atoms with Gasteiger partial charge in [-0.25, -0.2) is 4.98 Å². The molecule has 4 heteroatoms. The number of fused-ring (bicyclic) bond motifs is 1. The summed E-state index contributed by atoms with van der Waals surface area (Å²) in [5, 5.41) is 3.15. The molecule has 0 saturated carbocycles. The van der Waals surface area contributed by atoms with Gasteiger partial charge >= 0.3 is 0 Å². The van der Waals surface area contributed by atoms with Crippen LogP contribution in [0.15, 0.2) is 115 Å². The topological polar surface area (TPSA) is 46.9 Å². The minimum atomic E-state index is -0.224. The van der Waals surface area contributed by atoms with Crippen molar-refractivity contribution in [1.82, 2.24) is 14.9 Å². The van der Waals surface area contributed by atoms with Crippen LogP contribution in [0.5, 0.6) is 0 Å². The van der Waals surface area contributed by atoms with Crippen LogP contribution in [0, 0.1) is 0 Å². The summed E-state index contributed by atoms with van der Waals surface area (Å²) in [4.78, 5) is 17.8. The summed E-state index contributed by atoms with van der Waals surface area (Å²) in [7, 11) is 0. The number of hydrogen-bond acceptors (Lipinski definition) is 2. The second-order valence-electron chi connectivity index (χ2n) is 8.91. The molecule has 1 N–H and O–H groups in total. The summed E-state index contributed by atoms with van der Waals surface area (Å²) in [6.45, 7) is 2.67. The molecule has 5 rings (SSSR count). The summed E-state index contributed by atoms with van der Waals surface area (Å²) < 4.78 is 2.17. The molecular formula is C32H29N3O. The fourth-order valence-electron chi connectivity index (χ4n) is 4.46. The van der Waals surface area contributed by atoms with Gasteiger partial charge in [0.1, 0.15) is 5.82 Å². The lowest BCUT2D eigenvalue weighted by molar-refractivity contribution is -0.121. The minimum absolute atomic E-state index is 0.0200. The van der Waals surface area contributed by atoms with E-state index in [9.17, 15) is 4.79 Å². The zero-order chi connectivity index (χ0) is 24.7. The highest BCUT2D eigenvalue weighted by Crippen LogP contribution is 2.22. The van der Waals surface area contributed by atoms with Crippen molar-refractivity contribution in [2.45, 2.75) is 25.9 Å². The summed E-state index contributed by atoms with van der Waals surface area (Å²) in [6.07, 6.45) is 4.57. The average molecular weight is 472 g/mol. The first kappa shape index (κ1) is 23.3. The van der Waals surface area contributed by atoms with Crippen molar-refractivity contribution in [3.63, 3.8) is 0 Å². The molecule has 5 aromatic rings. The van der Waals surface area contributed by atoms with Crippen molar-refractivity contribution in [3.8, 4) is 11.1 Å². The Morgan fingerprint density at radius 2 is 1.47 bits per heavy atom. The molecule has 0 aliphatic rings. The van der Waals surface area contributed by atoms with Gasteiger partial charge in [-0.1, -0.05) is 109 Å². The summed E-state index contributed by atoms with van der Waals surface area (Å²) in [5.74, 6) is 0.829. The molecular weight excluding hydrogens is 442 g/mol. The van der Waals surface area contributed by atoms with Crippen LogP contribution in [0.25, 0.3) is 28.2 Å². The third-order valence-electron chi connectivity index (χ3n) is 6.27. The first-order chi connectivity index (χ1) is 17.7. The molecule has 4 aromatic carbocycles. The number of carbonyl (C=O) groups is 1. The number of imidazole rings is 1. The number of para-hydroxylation sites is 2. The number of allylic oxidation sites excluding steroid dienone is 1. The van der Waals surface area contributed by atoms with Crippen molar-refractivity contribution in [2.75, 3.05) is 0 Å². The van der Waals surface area contributed by atoms with E-state index in [1.807, 2.05) is 73.7 Å². The Bertz CT molecular complexity index is 1470. The van der Waals surface area contributed by atoms with Crippen LogP contribution in [0.2, 0.25) is 0 Å². The zero-order valence-electron chi connectivity index (χ0n) is 20.3. The van der Waals surface area contributed by atoms with E-state index in [1.54, 1.807) is 0 Å². The Morgan fingerprint density at radius 1 is 0.833 bits per heavy atom. The summed E-state index contributed by atoms with van der Waals surface area (Å²) in [5.41, 5.74) is 6.44. The average Bonchev–Trinajstić information content (AvgIpc) is 3.29. The number of rotatable bonds is 8. The second kappa shape index (κ2) is 10.9. The fourth-order valence-corrected chi connectivity index (χ4v) is 4.46. The molecule has 36 heavy (non-hydrogen) atoms. The van der Waals surface area contributed by atoms with Gasteiger partial charge in [0.15, 0.2) is 0 Å². The van der Waals surface area contributed by atoms with Gasteiger partial charge in [0.05, 0.1) is 23.5 Å². The van der Waals surface area contributed by atoms with Crippen LogP contribution in [0.1, 0.15) is 29.9 Å². The van der Waals surface area contributed by atoms with Crippen molar-refractivity contribution in [3.05, 3.63) is 132 Å². The summed E-state index contributed by atoms with van der Waals surface area (Å²) in [6, 6.07) is 36.6. The molecule has 0 saturated heterocycles. The molecule has 0 spiro atoms. The largest absolute Gasteiger partial charge is 0.346 e. The molecule has 1 amide bonds. The quantitative estimate of drug-likeness (QED) is 0.269. The molecule has 1 heterocycles. The Hall–Kier alpha value is -4.44. The smallest absolute Gasteiger partial charge is 0.224 e. The summed E-state index contributed by atoms with van der Waals surface area (Å²) >= 11 is 0. The van der Waals surface area contributed by atoms with E-state index in [0.29, 0.717) is 13.0 Å². The highest BCUT2D eigenvalue weighted by Gasteiger charge is 2.18. The van der Waals surface area contributed by atoms with Crippen molar-refractivity contribution in [2.24, 2.45) is 0 Å². The van der Waals surface area contributed by atoms with Crippen LogP contribution in [0.3, 0.4) is 0 Å². The van der Waals surface area contributed by atoms with Gasteiger partial charge in [0.2, 0.25) is 5.91 Å². The molecule has 178 valence electrons. The number of benzene rings is 4. The lowest BCUT2D eigenvalue weighted by Gasteiger charge is -2.16. The van der Waals surface area contributed by atoms with Crippen LogP contribution < -0.4 is 5.32 Å². The van der Waals surface area contributed by atoms with E-state index in [-0.39, 0.29) is 11.9 Å². The van der Waals surface area contributed by atoms with E-state index in [4.69, 9.17) is 4.98 Å². The van der Waals surface area contributed by atoms with Gasteiger partial charge in [-0.05, 0) is 41.3 Å². The van der Waals surface area contributed by atoms with Crippen LogP contribution >= 0.6 is 0 Å².